The van der Waals surface area contributed by atoms with Gasteiger partial charge < -0.3 is 20.1 Å². The lowest BCUT2D eigenvalue weighted by Gasteiger charge is -2.15. The second kappa shape index (κ2) is 12.1. The number of aromatic nitrogens is 4. The van der Waals surface area contributed by atoms with Crippen molar-refractivity contribution in [2.75, 3.05) is 32.1 Å². The van der Waals surface area contributed by atoms with Crippen molar-refractivity contribution in [2.45, 2.75) is 44.6 Å². The Bertz CT molecular complexity index is 1010. The van der Waals surface area contributed by atoms with Crippen molar-refractivity contribution in [3.8, 4) is 5.88 Å². The molecule has 178 valence electrons. The van der Waals surface area contributed by atoms with E-state index in [-0.39, 0.29) is 17.8 Å². The molecule has 0 unspecified atom stereocenters. The molecule has 1 amide bonds. The van der Waals surface area contributed by atoms with E-state index in [0.717, 1.165) is 37.9 Å². The van der Waals surface area contributed by atoms with Crippen LogP contribution in [0.5, 0.6) is 5.88 Å². The summed E-state index contributed by atoms with van der Waals surface area (Å²) in [6.07, 6.45) is 11.5. The van der Waals surface area contributed by atoms with Crippen molar-refractivity contribution < 1.29 is 19.0 Å². The summed E-state index contributed by atoms with van der Waals surface area (Å²) in [5.41, 5.74) is 1.12. The van der Waals surface area contributed by atoms with E-state index in [9.17, 15) is 9.18 Å². The number of pyridine rings is 1. The number of carbonyl (C=O) groups is 1. The first-order valence-corrected chi connectivity index (χ1v) is 11.2. The number of carbonyl (C=O) groups excluding carboxylic acids is 1. The van der Waals surface area contributed by atoms with E-state index in [0.29, 0.717) is 17.1 Å². The van der Waals surface area contributed by atoms with E-state index >= 15 is 0 Å². The standard InChI is InChI=1S/C12H15N5O.C6H6FNO.C5H10O/c1-13-12(18)9-8-14-17-7-4-10(15-11(9)17)16-5-2-3-6-16;1-9-6-3-2-5(7)4-8-6;6-5-3-1-2-4-5/h4,7-8H,2-3,5-6H2,1H3,(H,13,18);2-4H,1H3;5-6H,1-4H2. The topological polar surface area (TPSA) is 105 Å². The summed E-state index contributed by atoms with van der Waals surface area (Å²) in [7, 11) is 3.09. The molecule has 1 saturated carbocycles. The smallest absolute Gasteiger partial charge is 0.256 e. The quantitative estimate of drug-likeness (QED) is 0.622. The molecule has 0 radical (unpaired) electrons. The average Bonchev–Trinajstić information content (AvgIpc) is 3.61. The van der Waals surface area contributed by atoms with Crippen LogP contribution < -0.4 is 15.0 Å². The van der Waals surface area contributed by atoms with Crippen molar-refractivity contribution >= 4 is 17.4 Å². The molecule has 0 atom stereocenters. The number of anilines is 1. The number of nitrogens with zero attached hydrogens (tertiary/aromatic N) is 5. The number of fused-ring (bicyclic) bond motifs is 1. The molecule has 0 spiro atoms. The molecule has 1 aliphatic carbocycles. The summed E-state index contributed by atoms with van der Waals surface area (Å²) in [4.78, 5) is 22.1. The lowest BCUT2D eigenvalue weighted by molar-refractivity contribution is 0.0964. The highest BCUT2D eigenvalue weighted by Gasteiger charge is 2.17. The van der Waals surface area contributed by atoms with Gasteiger partial charge in [-0.2, -0.15) is 5.10 Å². The van der Waals surface area contributed by atoms with Gasteiger partial charge in [0.05, 0.1) is 25.6 Å². The van der Waals surface area contributed by atoms with Crippen LogP contribution in [0.4, 0.5) is 10.2 Å². The maximum Gasteiger partial charge on any atom is 0.256 e. The zero-order chi connectivity index (χ0) is 23.6. The first-order chi connectivity index (χ1) is 16.0. The van der Waals surface area contributed by atoms with Crippen molar-refractivity contribution in [1.82, 2.24) is 24.9 Å². The first kappa shape index (κ1) is 24.4. The van der Waals surface area contributed by atoms with Crippen LogP contribution in [0, 0.1) is 5.82 Å². The van der Waals surface area contributed by atoms with Crippen LogP contribution in [-0.4, -0.2) is 63.9 Å². The van der Waals surface area contributed by atoms with Crippen molar-refractivity contribution in [1.29, 1.82) is 0 Å². The summed E-state index contributed by atoms with van der Waals surface area (Å²) in [6.45, 7) is 2.07. The molecule has 1 saturated heterocycles. The van der Waals surface area contributed by atoms with E-state index in [4.69, 9.17) is 9.84 Å². The number of aliphatic hydroxyl groups is 1. The number of ether oxygens (including phenoxy) is 1. The van der Waals surface area contributed by atoms with Gasteiger partial charge in [-0.25, -0.2) is 18.9 Å². The van der Waals surface area contributed by atoms with Gasteiger partial charge in [0, 0.05) is 32.4 Å². The minimum atomic E-state index is -0.351. The van der Waals surface area contributed by atoms with Crippen LogP contribution in [0.2, 0.25) is 0 Å². The number of halogens is 1. The fraction of sp³-hybridized carbons (Fsp3) is 0.478. The van der Waals surface area contributed by atoms with Gasteiger partial charge >= 0.3 is 0 Å². The molecular weight excluding hydrogens is 427 g/mol. The molecule has 1 aliphatic heterocycles. The van der Waals surface area contributed by atoms with Crippen LogP contribution >= 0.6 is 0 Å². The number of aliphatic hydroxyl groups excluding tert-OH is 1. The Balaban J connectivity index is 0.000000169. The third-order valence-corrected chi connectivity index (χ3v) is 5.49. The highest BCUT2D eigenvalue weighted by atomic mass is 19.1. The molecule has 0 bridgehead atoms. The number of rotatable bonds is 3. The molecule has 3 aromatic heterocycles. The molecule has 2 N–H and O–H groups in total. The van der Waals surface area contributed by atoms with E-state index in [2.05, 4.69) is 25.3 Å². The van der Waals surface area contributed by atoms with Gasteiger partial charge in [0.2, 0.25) is 5.88 Å². The maximum absolute atomic E-state index is 12.1. The summed E-state index contributed by atoms with van der Waals surface area (Å²) < 4.78 is 18.4. The largest absolute Gasteiger partial charge is 0.481 e. The molecule has 9 nitrogen and oxygen atoms in total. The number of hydrogen-bond donors (Lipinski definition) is 2. The molecule has 4 heterocycles. The average molecular weight is 459 g/mol. The molecule has 33 heavy (non-hydrogen) atoms. The number of methoxy groups -OCH3 is 1. The third kappa shape index (κ3) is 6.85. The Morgan fingerprint density at radius 2 is 1.88 bits per heavy atom. The van der Waals surface area contributed by atoms with E-state index < -0.39 is 0 Å². The Kier molecular flexibility index (Phi) is 8.94. The van der Waals surface area contributed by atoms with Gasteiger partial charge in [0.15, 0.2) is 5.65 Å². The van der Waals surface area contributed by atoms with Gasteiger partial charge in [0.25, 0.3) is 5.91 Å². The highest BCUT2D eigenvalue weighted by molar-refractivity contribution is 5.99. The molecule has 3 aromatic rings. The van der Waals surface area contributed by atoms with Crippen LogP contribution in [0.3, 0.4) is 0 Å². The van der Waals surface area contributed by atoms with Crippen LogP contribution in [0.15, 0.2) is 36.8 Å². The van der Waals surface area contributed by atoms with Gasteiger partial charge in [-0.15, -0.1) is 0 Å². The summed E-state index contributed by atoms with van der Waals surface area (Å²) in [5, 5.41) is 15.5. The Morgan fingerprint density at radius 1 is 1.15 bits per heavy atom. The zero-order valence-electron chi connectivity index (χ0n) is 19.1. The van der Waals surface area contributed by atoms with Gasteiger partial charge in [-0.3, -0.25) is 4.79 Å². The Labute approximate surface area is 192 Å². The summed E-state index contributed by atoms with van der Waals surface area (Å²) >= 11 is 0. The van der Waals surface area contributed by atoms with Crippen molar-refractivity contribution in [2.24, 2.45) is 0 Å². The normalized spacial score (nSPS) is 15.5. The highest BCUT2D eigenvalue weighted by Crippen LogP contribution is 2.19. The van der Waals surface area contributed by atoms with E-state index in [1.165, 1.54) is 44.9 Å². The van der Waals surface area contributed by atoms with Crippen LogP contribution in [0.25, 0.3) is 5.65 Å². The van der Waals surface area contributed by atoms with Gasteiger partial charge in [-0.05, 0) is 37.8 Å². The second-order valence-electron chi connectivity index (χ2n) is 7.84. The maximum atomic E-state index is 12.1. The Hall–Kier alpha value is -3.27. The minimum Gasteiger partial charge on any atom is -0.481 e. The molecule has 0 aromatic carbocycles. The molecule has 10 heteroatoms. The predicted molar refractivity (Wildman–Crippen MR) is 123 cm³/mol. The number of nitrogens with one attached hydrogen (secondary N) is 1. The van der Waals surface area contributed by atoms with Crippen molar-refractivity contribution in [3.05, 3.63) is 48.2 Å². The monoisotopic (exact) mass is 458 g/mol. The summed E-state index contributed by atoms with van der Waals surface area (Å²) in [5.74, 6) is 0.842. The van der Waals surface area contributed by atoms with Gasteiger partial charge in [-0.1, -0.05) is 12.8 Å². The SMILES string of the molecule is CNC(=O)c1cnn2ccc(N3CCCC3)nc12.COc1ccc(F)cn1.OC1CCCC1. The molecule has 2 fully saturated rings. The lowest BCUT2D eigenvalue weighted by Crippen LogP contribution is -2.20. The van der Waals surface area contributed by atoms with Gasteiger partial charge in [0.1, 0.15) is 17.2 Å². The zero-order valence-corrected chi connectivity index (χ0v) is 19.1. The minimum absolute atomic E-state index is 0.0463. The number of amides is 1. The lowest BCUT2D eigenvalue weighted by atomic mass is 10.3. The summed E-state index contributed by atoms with van der Waals surface area (Å²) in [6, 6.07) is 4.71. The predicted octanol–water partition coefficient (Wildman–Crippen LogP) is 2.84. The van der Waals surface area contributed by atoms with E-state index in [1.807, 2.05) is 12.3 Å². The Morgan fingerprint density at radius 3 is 2.42 bits per heavy atom. The molecule has 5 rings (SSSR count). The van der Waals surface area contributed by atoms with E-state index in [1.54, 1.807) is 17.8 Å². The third-order valence-electron chi connectivity index (χ3n) is 5.49. The molecular formula is C23H31FN6O3. The fourth-order valence-electron chi connectivity index (χ4n) is 3.66. The van der Waals surface area contributed by atoms with Crippen LogP contribution in [0.1, 0.15) is 48.9 Å². The first-order valence-electron chi connectivity index (χ1n) is 11.2. The fourth-order valence-corrected chi connectivity index (χ4v) is 3.66. The van der Waals surface area contributed by atoms with Crippen molar-refractivity contribution in [3.63, 3.8) is 0 Å². The van der Waals surface area contributed by atoms with Crippen LogP contribution in [-0.2, 0) is 0 Å². The second-order valence-corrected chi connectivity index (χ2v) is 7.84. The molecule has 2 aliphatic rings. The number of hydrogen-bond acceptors (Lipinski definition) is 7.